The van der Waals surface area contributed by atoms with Gasteiger partial charge in [-0.25, -0.2) is 19.4 Å². The fourth-order valence-corrected chi connectivity index (χ4v) is 4.13. The van der Waals surface area contributed by atoms with Crippen LogP contribution in [0, 0.1) is 0 Å². The monoisotopic (exact) mass is 443 g/mol. The number of halogens is 1. The number of aliphatic hydroxyl groups excluding tert-OH is 1. The summed E-state index contributed by atoms with van der Waals surface area (Å²) in [6, 6.07) is 7.60. The second-order valence-corrected chi connectivity index (χ2v) is 9.30. The molecule has 3 aromatic rings. The SMILES string of the molecule is CC(C)(C)OC(=O)Nc1ncnc2c1c(Cc1cccc(Cl)c1)nn2[C@H]1CC[C@H](O)C1. The van der Waals surface area contributed by atoms with E-state index in [0.717, 1.165) is 24.1 Å². The molecule has 2 heterocycles. The van der Waals surface area contributed by atoms with Gasteiger partial charge in [0.1, 0.15) is 17.7 Å². The molecule has 1 aliphatic carbocycles. The number of amides is 1. The summed E-state index contributed by atoms with van der Waals surface area (Å²) < 4.78 is 7.25. The number of nitrogens with zero attached hydrogens (tertiary/aromatic N) is 4. The van der Waals surface area contributed by atoms with Crippen LogP contribution in [0.2, 0.25) is 5.02 Å². The molecule has 0 spiro atoms. The predicted octanol–water partition coefficient (Wildman–Crippen LogP) is 4.50. The Morgan fingerprint density at radius 2 is 2.13 bits per heavy atom. The van der Waals surface area contributed by atoms with Crippen molar-refractivity contribution in [1.82, 2.24) is 19.7 Å². The molecular formula is C22H26ClN5O3. The third-order valence-electron chi connectivity index (χ3n) is 5.16. The molecule has 31 heavy (non-hydrogen) atoms. The van der Waals surface area contributed by atoms with Crippen LogP contribution in [0.5, 0.6) is 0 Å². The van der Waals surface area contributed by atoms with Gasteiger partial charge >= 0.3 is 6.09 Å². The lowest BCUT2D eigenvalue weighted by Crippen LogP contribution is -2.27. The number of benzene rings is 1. The van der Waals surface area contributed by atoms with Crippen molar-refractivity contribution in [3.63, 3.8) is 0 Å². The zero-order valence-corrected chi connectivity index (χ0v) is 18.6. The van der Waals surface area contributed by atoms with E-state index in [-0.39, 0.29) is 12.1 Å². The van der Waals surface area contributed by atoms with Crippen LogP contribution in [0.4, 0.5) is 10.6 Å². The molecule has 1 aromatic carbocycles. The first kappa shape index (κ1) is 21.5. The Bertz CT molecular complexity index is 1110. The maximum atomic E-state index is 12.4. The summed E-state index contributed by atoms with van der Waals surface area (Å²) in [7, 11) is 0. The van der Waals surface area contributed by atoms with Gasteiger partial charge in [0.2, 0.25) is 0 Å². The van der Waals surface area contributed by atoms with E-state index in [4.69, 9.17) is 21.4 Å². The largest absolute Gasteiger partial charge is 0.444 e. The maximum absolute atomic E-state index is 12.4. The molecule has 2 aromatic heterocycles. The standard InChI is InChI=1S/C22H26ClN5O3/c1-22(2,3)31-21(30)26-19-18-17(10-13-5-4-6-14(23)9-13)27-28(20(18)25-12-24-19)15-7-8-16(29)11-15/h4-6,9,12,15-16,29H,7-8,10-11H2,1-3H3,(H,24,25,26,30)/t15-,16-/m0/s1. The van der Waals surface area contributed by atoms with Crippen LogP contribution in [0.3, 0.4) is 0 Å². The van der Waals surface area contributed by atoms with E-state index in [9.17, 15) is 9.90 Å². The number of carbonyl (C=O) groups excluding carboxylic acids is 1. The molecule has 2 N–H and O–H groups in total. The van der Waals surface area contributed by atoms with Crippen LogP contribution in [-0.2, 0) is 11.2 Å². The highest BCUT2D eigenvalue weighted by Crippen LogP contribution is 2.35. The molecule has 164 valence electrons. The first-order chi connectivity index (χ1) is 14.7. The van der Waals surface area contributed by atoms with Gasteiger partial charge in [-0.2, -0.15) is 5.10 Å². The average Bonchev–Trinajstić information content (AvgIpc) is 3.25. The smallest absolute Gasteiger partial charge is 0.413 e. The lowest BCUT2D eigenvalue weighted by molar-refractivity contribution is 0.0635. The second-order valence-electron chi connectivity index (χ2n) is 8.87. The molecule has 2 atom stereocenters. The number of hydrogen-bond donors (Lipinski definition) is 2. The molecular weight excluding hydrogens is 418 g/mol. The maximum Gasteiger partial charge on any atom is 0.413 e. The van der Waals surface area contributed by atoms with Crippen LogP contribution in [0.25, 0.3) is 11.0 Å². The quantitative estimate of drug-likeness (QED) is 0.615. The van der Waals surface area contributed by atoms with Crippen molar-refractivity contribution in [2.24, 2.45) is 0 Å². The Kier molecular flexibility index (Phi) is 5.85. The number of anilines is 1. The van der Waals surface area contributed by atoms with E-state index in [1.165, 1.54) is 6.33 Å². The summed E-state index contributed by atoms with van der Waals surface area (Å²) in [6.07, 6.45) is 3.12. The van der Waals surface area contributed by atoms with E-state index in [2.05, 4.69) is 15.3 Å². The summed E-state index contributed by atoms with van der Waals surface area (Å²) in [5.41, 5.74) is 1.70. The molecule has 1 saturated carbocycles. The van der Waals surface area contributed by atoms with Crippen molar-refractivity contribution in [3.8, 4) is 0 Å². The summed E-state index contributed by atoms with van der Waals surface area (Å²) >= 11 is 6.16. The minimum atomic E-state index is -0.635. The zero-order chi connectivity index (χ0) is 22.2. The molecule has 1 fully saturated rings. The number of ether oxygens (including phenoxy) is 1. The Morgan fingerprint density at radius 1 is 1.32 bits per heavy atom. The summed E-state index contributed by atoms with van der Waals surface area (Å²) in [5.74, 6) is 0.348. The highest BCUT2D eigenvalue weighted by Gasteiger charge is 2.29. The van der Waals surface area contributed by atoms with Gasteiger partial charge in [-0.15, -0.1) is 0 Å². The first-order valence-electron chi connectivity index (χ1n) is 10.3. The average molecular weight is 444 g/mol. The molecule has 0 bridgehead atoms. The van der Waals surface area contributed by atoms with Crippen LogP contribution in [0.15, 0.2) is 30.6 Å². The Labute approximate surface area is 185 Å². The number of fused-ring (bicyclic) bond motifs is 1. The Hall–Kier alpha value is -2.71. The van der Waals surface area contributed by atoms with Crippen molar-refractivity contribution in [2.75, 3.05) is 5.32 Å². The van der Waals surface area contributed by atoms with E-state index in [1.807, 2.05) is 28.9 Å². The summed E-state index contributed by atoms with van der Waals surface area (Å²) in [6.45, 7) is 5.41. The second kappa shape index (κ2) is 8.43. The van der Waals surface area contributed by atoms with Crippen LogP contribution in [0.1, 0.15) is 57.3 Å². The van der Waals surface area contributed by atoms with Gasteiger partial charge in [0.25, 0.3) is 0 Å². The lowest BCUT2D eigenvalue weighted by Gasteiger charge is -2.19. The Balaban J connectivity index is 1.77. The van der Waals surface area contributed by atoms with Gasteiger partial charge in [-0.3, -0.25) is 5.32 Å². The van der Waals surface area contributed by atoms with E-state index in [1.54, 1.807) is 20.8 Å². The van der Waals surface area contributed by atoms with Crippen molar-refractivity contribution in [2.45, 2.75) is 64.2 Å². The molecule has 0 aliphatic heterocycles. The predicted molar refractivity (Wildman–Crippen MR) is 118 cm³/mol. The van der Waals surface area contributed by atoms with Crippen LogP contribution in [-0.4, -0.2) is 42.7 Å². The number of carbonyl (C=O) groups is 1. The lowest BCUT2D eigenvalue weighted by atomic mass is 10.1. The van der Waals surface area contributed by atoms with Gasteiger partial charge in [-0.1, -0.05) is 23.7 Å². The Morgan fingerprint density at radius 3 is 2.81 bits per heavy atom. The third-order valence-corrected chi connectivity index (χ3v) is 5.40. The van der Waals surface area contributed by atoms with Crippen molar-refractivity contribution in [3.05, 3.63) is 46.9 Å². The fraction of sp³-hybridized carbons (Fsp3) is 0.455. The van der Waals surface area contributed by atoms with Crippen molar-refractivity contribution >= 4 is 34.5 Å². The zero-order valence-electron chi connectivity index (χ0n) is 17.8. The van der Waals surface area contributed by atoms with Crippen LogP contribution >= 0.6 is 11.6 Å². The summed E-state index contributed by atoms with van der Waals surface area (Å²) in [5, 5.41) is 18.9. The number of nitrogens with one attached hydrogen (secondary N) is 1. The molecule has 8 nitrogen and oxygen atoms in total. The van der Waals surface area contributed by atoms with E-state index in [0.29, 0.717) is 34.7 Å². The van der Waals surface area contributed by atoms with Gasteiger partial charge in [0.15, 0.2) is 5.65 Å². The normalized spacial score (nSPS) is 19.0. The number of aromatic nitrogens is 4. The number of rotatable bonds is 4. The molecule has 1 aliphatic rings. The van der Waals surface area contributed by atoms with E-state index < -0.39 is 11.7 Å². The van der Waals surface area contributed by atoms with Gasteiger partial charge < -0.3 is 9.84 Å². The minimum Gasteiger partial charge on any atom is -0.444 e. The number of aliphatic hydroxyl groups is 1. The highest BCUT2D eigenvalue weighted by atomic mass is 35.5. The first-order valence-corrected chi connectivity index (χ1v) is 10.7. The fourth-order valence-electron chi connectivity index (χ4n) is 3.91. The highest BCUT2D eigenvalue weighted by molar-refractivity contribution is 6.30. The molecule has 0 radical (unpaired) electrons. The topological polar surface area (TPSA) is 102 Å². The van der Waals surface area contributed by atoms with Gasteiger partial charge in [-0.05, 0) is 57.7 Å². The molecule has 1 amide bonds. The van der Waals surface area contributed by atoms with Crippen molar-refractivity contribution in [1.29, 1.82) is 0 Å². The third kappa shape index (κ3) is 4.97. The molecule has 0 unspecified atom stereocenters. The molecule has 0 saturated heterocycles. The van der Waals surface area contributed by atoms with Gasteiger partial charge in [0, 0.05) is 11.4 Å². The van der Waals surface area contributed by atoms with E-state index >= 15 is 0 Å². The summed E-state index contributed by atoms with van der Waals surface area (Å²) in [4.78, 5) is 21.2. The van der Waals surface area contributed by atoms with Crippen LogP contribution < -0.4 is 5.32 Å². The minimum absolute atomic E-state index is 0.0369. The molecule has 9 heteroatoms. The van der Waals surface area contributed by atoms with Crippen molar-refractivity contribution < 1.29 is 14.6 Å². The number of hydrogen-bond acceptors (Lipinski definition) is 6. The molecule has 4 rings (SSSR count). The van der Waals surface area contributed by atoms with Gasteiger partial charge in [0.05, 0.1) is 23.2 Å².